The standard InChI is InChI=1S/C24H25N5O2/c30-23(26-18-11-5-2-6-12-18)22(17-9-3-1-4-10-17)28-16-19-15-25-27-29(19)21-14-8-7-13-20(21)24(28)31/h1,3-4,7-10,13-15,18,22H,2,5-6,11-12,16H2,(H,26,30). The Morgan fingerprint density at radius 1 is 1.00 bits per heavy atom. The summed E-state index contributed by atoms with van der Waals surface area (Å²) < 4.78 is 1.69. The molecular weight excluding hydrogens is 390 g/mol. The Hall–Kier alpha value is -3.48. The Balaban J connectivity index is 1.56. The van der Waals surface area contributed by atoms with Gasteiger partial charge in [0.15, 0.2) is 0 Å². The lowest BCUT2D eigenvalue weighted by atomic mass is 9.94. The highest BCUT2D eigenvalue weighted by Crippen LogP contribution is 2.31. The van der Waals surface area contributed by atoms with Gasteiger partial charge in [-0.15, -0.1) is 5.10 Å². The van der Waals surface area contributed by atoms with E-state index in [1.165, 1.54) is 6.42 Å². The minimum atomic E-state index is -0.731. The summed E-state index contributed by atoms with van der Waals surface area (Å²) in [5.41, 5.74) is 2.76. The van der Waals surface area contributed by atoms with Gasteiger partial charge in [0.1, 0.15) is 6.04 Å². The molecular formula is C24H25N5O2. The Kier molecular flexibility index (Phi) is 5.24. The maximum absolute atomic E-state index is 13.7. The molecule has 7 heteroatoms. The highest BCUT2D eigenvalue weighted by molar-refractivity contribution is 6.01. The summed E-state index contributed by atoms with van der Waals surface area (Å²) in [6.45, 7) is 0.248. The summed E-state index contributed by atoms with van der Waals surface area (Å²) in [4.78, 5) is 28.9. The molecule has 3 aromatic rings. The first-order valence-electron chi connectivity index (χ1n) is 10.9. The highest BCUT2D eigenvalue weighted by Gasteiger charge is 2.36. The van der Waals surface area contributed by atoms with E-state index in [4.69, 9.17) is 0 Å². The third-order valence-corrected chi connectivity index (χ3v) is 6.20. The molecule has 0 bridgehead atoms. The molecule has 158 valence electrons. The number of amides is 2. The molecule has 2 aliphatic rings. The van der Waals surface area contributed by atoms with Gasteiger partial charge in [-0.3, -0.25) is 9.59 Å². The molecule has 1 aliphatic heterocycles. The smallest absolute Gasteiger partial charge is 0.257 e. The predicted octanol–water partition coefficient (Wildman–Crippen LogP) is 3.41. The average Bonchev–Trinajstić information content (AvgIpc) is 3.24. The molecule has 1 N–H and O–H groups in total. The number of aromatic nitrogens is 3. The molecule has 0 saturated heterocycles. The predicted molar refractivity (Wildman–Crippen MR) is 115 cm³/mol. The number of nitrogens with one attached hydrogen (secondary N) is 1. The first-order valence-corrected chi connectivity index (χ1v) is 10.9. The third-order valence-electron chi connectivity index (χ3n) is 6.20. The van der Waals surface area contributed by atoms with Gasteiger partial charge >= 0.3 is 0 Å². The van der Waals surface area contributed by atoms with Gasteiger partial charge in [0.25, 0.3) is 5.91 Å². The van der Waals surface area contributed by atoms with Gasteiger partial charge in [0.2, 0.25) is 5.91 Å². The van der Waals surface area contributed by atoms with Crippen LogP contribution in [0.4, 0.5) is 0 Å². The van der Waals surface area contributed by atoms with E-state index in [-0.39, 0.29) is 24.4 Å². The summed E-state index contributed by atoms with van der Waals surface area (Å²) in [7, 11) is 0. The van der Waals surface area contributed by atoms with E-state index in [0.29, 0.717) is 11.3 Å². The second-order valence-corrected chi connectivity index (χ2v) is 8.24. The molecule has 5 rings (SSSR count). The van der Waals surface area contributed by atoms with Crippen LogP contribution in [0.3, 0.4) is 0 Å². The van der Waals surface area contributed by atoms with Crippen LogP contribution in [-0.2, 0) is 11.3 Å². The van der Waals surface area contributed by atoms with Gasteiger partial charge in [0.05, 0.1) is 29.7 Å². The van der Waals surface area contributed by atoms with Crippen molar-refractivity contribution in [2.45, 2.75) is 50.7 Å². The number of carbonyl (C=O) groups is 2. The van der Waals surface area contributed by atoms with Gasteiger partial charge in [-0.05, 0) is 30.5 Å². The molecule has 1 unspecified atom stereocenters. The van der Waals surface area contributed by atoms with Crippen molar-refractivity contribution in [3.05, 3.63) is 77.6 Å². The van der Waals surface area contributed by atoms with Crippen molar-refractivity contribution in [1.82, 2.24) is 25.2 Å². The first kappa shape index (κ1) is 19.5. The molecule has 1 aliphatic carbocycles. The van der Waals surface area contributed by atoms with E-state index >= 15 is 0 Å². The van der Waals surface area contributed by atoms with Crippen LogP contribution in [0.1, 0.15) is 59.8 Å². The van der Waals surface area contributed by atoms with Gasteiger partial charge in [-0.25, -0.2) is 4.68 Å². The van der Waals surface area contributed by atoms with E-state index in [2.05, 4.69) is 15.6 Å². The number of rotatable bonds is 4. The fourth-order valence-corrected chi connectivity index (χ4v) is 4.65. The van der Waals surface area contributed by atoms with E-state index < -0.39 is 6.04 Å². The van der Waals surface area contributed by atoms with Crippen LogP contribution >= 0.6 is 0 Å². The summed E-state index contributed by atoms with van der Waals surface area (Å²) in [6.07, 6.45) is 7.10. The molecule has 0 spiro atoms. The SMILES string of the molecule is O=C(NC1CCCCC1)C(c1ccccc1)N1Cc2cnnn2-c2ccccc2C1=O. The number of hydrogen-bond acceptors (Lipinski definition) is 4. The number of nitrogens with zero attached hydrogens (tertiary/aromatic N) is 4. The Morgan fingerprint density at radius 2 is 1.74 bits per heavy atom. The lowest BCUT2D eigenvalue weighted by Crippen LogP contribution is -2.46. The molecule has 1 aromatic heterocycles. The number of para-hydroxylation sites is 1. The quantitative estimate of drug-likeness (QED) is 0.708. The Bertz CT molecular complexity index is 1090. The van der Waals surface area contributed by atoms with E-state index in [1.807, 2.05) is 48.5 Å². The second-order valence-electron chi connectivity index (χ2n) is 8.24. The maximum atomic E-state index is 13.7. The van der Waals surface area contributed by atoms with Crippen molar-refractivity contribution in [1.29, 1.82) is 0 Å². The van der Waals surface area contributed by atoms with Crippen LogP contribution in [0, 0.1) is 0 Å². The molecule has 2 heterocycles. The minimum Gasteiger partial charge on any atom is -0.351 e. The normalized spacial score (nSPS) is 17.4. The molecule has 1 saturated carbocycles. The van der Waals surface area contributed by atoms with Gasteiger partial charge < -0.3 is 10.2 Å². The minimum absolute atomic E-state index is 0.134. The molecule has 2 amide bonds. The molecule has 2 aromatic carbocycles. The number of carbonyl (C=O) groups excluding carboxylic acids is 2. The van der Waals surface area contributed by atoms with E-state index in [1.54, 1.807) is 21.8 Å². The fraction of sp³-hybridized carbons (Fsp3) is 0.333. The molecule has 1 atom stereocenters. The van der Waals surface area contributed by atoms with Crippen molar-refractivity contribution >= 4 is 11.8 Å². The Labute approximate surface area is 181 Å². The van der Waals surface area contributed by atoms with E-state index in [0.717, 1.165) is 36.9 Å². The topological polar surface area (TPSA) is 80.1 Å². The molecule has 31 heavy (non-hydrogen) atoms. The van der Waals surface area contributed by atoms with Crippen LogP contribution in [0.15, 0.2) is 60.8 Å². The van der Waals surface area contributed by atoms with Gasteiger partial charge in [-0.2, -0.15) is 0 Å². The van der Waals surface area contributed by atoms with Crippen LogP contribution in [0.25, 0.3) is 5.69 Å². The van der Waals surface area contributed by atoms with Crippen LogP contribution in [0.2, 0.25) is 0 Å². The summed E-state index contributed by atoms with van der Waals surface area (Å²) in [6, 6.07) is 16.3. The number of benzene rings is 2. The highest BCUT2D eigenvalue weighted by atomic mass is 16.2. The molecule has 0 radical (unpaired) electrons. The molecule has 7 nitrogen and oxygen atoms in total. The summed E-state index contributed by atoms with van der Waals surface area (Å²) in [5.74, 6) is -0.321. The lowest BCUT2D eigenvalue weighted by molar-refractivity contribution is -0.127. The van der Waals surface area contributed by atoms with Crippen LogP contribution < -0.4 is 5.32 Å². The van der Waals surface area contributed by atoms with Crippen molar-refractivity contribution in [3.63, 3.8) is 0 Å². The lowest BCUT2D eigenvalue weighted by Gasteiger charge is -2.32. The van der Waals surface area contributed by atoms with Crippen molar-refractivity contribution in [3.8, 4) is 5.69 Å². The average molecular weight is 415 g/mol. The number of hydrogen-bond donors (Lipinski definition) is 1. The third kappa shape index (κ3) is 3.71. The van der Waals surface area contributed by atoms with Gasteiger partial charge in [0, 0.05) is 6.04 Å². The largest absolute Gasteiger partial charge is 0.351 e. The first-order chi connectivity index (χ1) is 15.2. The van der Waals surface area contributed by atoms with Crippen molar-refractivity contribution in [2.24, 2.45) is 0 Å². The second kappa shape index (κ2) is 8.34. The maximum Gasteiger partial charge on any atom is 0.257 e. The van der Waals surface area contributed by atoms with Crippen LogP contribution in [0.5, 0.6) is 0 Å². The van der Waals surface area contributed by atoms with Gasteiger partial charge in [-0.1, -0.05) is 66.9 Å². The molecule has 1 fully saturated rings. The zero-order chi connectivity index (χ0) is 21.2. The van der Waals surface area contributed by atoms with Crippen molar-refractivity contribution in [2.75, 3.05) is 0 Å². The summed E-state index contributed by atoms with van der Waals surface area (Å²) in [5, 5.41) is 11.5. The monoisotopic (exact) mass is 415 g/mol. The van der Waals surface area contributed by atoms with Crippen LogP contribution in [-0.4, -0.2) is 37.7 Å². The van der Waals surface area contributed by atoms with Crippen molar-refractivity contribution < 1.29 is 9.59 Å². The zero-order valence-electron chi connectivity index (χ0n) is 17.3. The fourth-order valence-electron chi connectivity index (χ4n) is 4.65. The van der Waals surface area contributed by atoms with E-state index in [9.17, 15) is 9.59 Å². The zero-order valence-corrected chi connectivity index (χ0v) is 17.3. The Morgan fingerprint density at radius 3 is 2.55 bits per heavy atom. The summed E-state index contributed by atoms with van der Waals surface area (Å²) >= 11 is 0. The number of fused-ring (bicyclic) bond motifs is 3.